The number of imidazole rings is 1. The van der Waals surface area contributed by atoms with Crippen LogP contribution in [0.1, 0.15) is 16.7 Å². The van der Waals surface area contributed by atoms with E-state index in [0.29, 0.717) is 6.54 Å². The summed E-state index contributed by atoms with van der Waals surface area (Å²) >= 11 is 0. The Balaban J connectivity index is 1.55. The molecule has 6 heteroatoms. The fourth-order valence-electron chi connectivity index (χ4n) is 3.06. The molecular formula is C22H27N5O. The zero-order chi connectivity index (χ0) is 19.8. The minimum atomic E-state index is 0.673. The fourth-order valence-corrected chi connectivity index (χ4v) is 3.06. The molecule has 0 fully saturated rings. The number of guanidine groups is 1. The summed E-state index contributed by atoms with van der Waals surface area (Å²) in [7, 11) is 3.49. The molecule has 2 N–H and O–H groups in total. The lowest BCUT2D eigenvalue weighted by Crippen LogP contribution is -2.38. The van der Waals surface area contributed by atoms with E-state index in [0.717, 1.165) is 35.9 Å². The van der Waals surface area contributed by atoms with Gasteiger partial charge in [-0.3, -0.25) is 4.99 Å². The van der Waals surface area contributed by atoms with Crippen molar-refractivity contribution in [2.24, 2.45) is 4.99 Å². The number of para-hydroxylation sites is 1. The Morgan fingerprint density at radius 3 is 2.79 bits per heavy atom. The van der Waals surface area contributed by atoms with Crippen LogP contribution >= 0.6 is 0 Å². The third kappa shape index (κ3) is 4.91. The van der Waals surface area contributed by atoms with Crippen LogP contribution in [-0.2, 0) is 13.0 Å². The van der Waals surface area contributed by atoms with Gasteiger partial charge in [-0.05, 0) is 42.2 Å². The first-order valence-electron chi connectivity index (χ1n) is 9.35. The highest BCUT2D eigenvalue weighted by Gasteiger charge is 2.05. The summed E-state index contributed by atoms with van der Waals surface area (Å²) in [6.07, 6.45) is 6.43. The number of hydrogen-bond donors (Lipinski definition) is 2. The van der Waals surface area contributed by atoms with E-state index in [-0.39, 0.29) is 0 Å². The number of rotatable bonds is 7. The lowest BCUT2D eigenvalue weighted by molar-refractivity contribution is 0.411. The van der Waals surface area contributed by atoms with Gasteiger partial charge in [0.2, 0.25) is 0 Å². The topological polar surface area (TPSA) is 63.5 Å². The van der Waals surface area contributed by atoms with E-state index in [1.807, 2.05) is 36.1 Å². The monoisotopic (exact) mass is 377 g/mol. The molecule has 1 aromatic heterocycles. The van der Waals surface area contributed by atoms with E-state index >= 15 is 0 Å². The Hall–Kier alpha value is -3.28. The zero-order valence-electron chi connectivity index (χ0n) is 16.6. The Kier molecular flexibility index (Phi) is 6.68. The van der Waals surface area contributed by atoms with Crippen LogP contribution < -0.4 is 15.4 Å². The Labute approximate surface area is 166 Å². The molecule has 0 saturated heterocycles. The van der Waals surface area contributed by atoms with Crippen LogP contribution in [0.5, 0.6) is 5.75 Å². The number of benzene rings is 2. The molecule has 0 aliphatic heterocycles. The van der Waals surface area contributed by atoms with Gasteiger partial charge >= 0.3 is 0 Å². The molecule has 6 nitrogen and oxygen atoms in total. The maximum Gasteiger partial charge on any atom is 0.191 e. The van der Waals surface area contributed by atoms with Gasteiger partial charge in [0.15, 0.2) is 5.96 Å². The molecule has 3 aromatic rings. The van der Waals surface area contributed by atoms with Crippen molar-refractivity contribution >= 4 is 5.96 Å². The van der Waals surface area contributed by atoms with Crippen molar-refractivity contribution in [2.75, 3.05) is 20.7 Å². The van der Waals surface area contributed by atoms with Crippen LogP contribution in [0, 0.1) is 6.92 Å². The Morgan fingerprint density at radius 2 is 2.04 bits per heavy atom. The smallest absolute Gasteiger partial charge is 0.191 e. The fraction of sp³-hybridized carbons (Fsp3) is 0.273. The molecule has 3 rings (SSSR count). The largest absolute Gasteiger partial charge is 0.496 e. The van der Waals surface area contributed by atoms with Crippen LogP contribution in [0.4, 0.5) is 0 Å². The molecule has 146 valence electrons. The average molecular weight is 377 g/mol. The summed E-state index contributed by atoms with van der Waals surface area (Å²) in [6.45, 7) is 3.51. The number of nitrogens with zero attached hydrogens (tertiary/aromatic N) is 3. The van der Waals surface area contributed by atoms with E-state index in [9.17, 15) is 0 Å². The minimum absolute atomic E-state index is 0.673. The second kappa shape index (κ2) is 9.60. The van der Waals surface area contributed by atoms with Crippen molar-refractivity contribution in [3.63, 3.8) is 0 Å². The molecule has 0 aliphatic rings. The summed E-state index contributed by atoms with van der Waals surface area (Å²) in [5.41, 5.74) is 4.66. The van der Waals surface area contributed by atoms with Crippen LogP contribution in [0.25, 0.3) is 5.69 Å². The summed E-state index contributed by atoms with van der Waals surface area (Å²) in [4.78, 5) is 8.46. The predicted molar refractivity (Wildman–Crippen MR) is 113 cm³/mol. The summed E-state index contributed by atoms with van der Waals surface area (Å²) in [5.74, 6) is 1.70. The molecule has 0 bridgehead atoms. The minimum Gasteiger partial charge on any atom is -0.496 e. The molecule has 0 unspecified atom stereocenters. The van der Waals surface area contributed by atoms with E-state index in [1.165, 1.54) is 11.1 Å². The van der Waals surface area contributed by atoms with E-state index in [4.69, 9.17) is 4.74 Å². The van der Waals surface area contributed by atoms with Gasteiger partial charge in [0, 0.05) is 32.5 Å². The third-order valence-corrected chi connectivity index (χ3v) is 4.62. The first-order valence-corrected chi connectivity index (χ1v) is 9.35. The van der Waals surface area contributed by atoms with Crippen LogP contribution in [0.2, 0.25) is 0 Å². The molecular weight excluding hydrogens is 350 g/mol. The maximum absolute atomic E-state index is 5.40. The lowest BCUT2D eigenvalue weighted by Gasteiger charge is -2.15. The summed E-state index contributed by atoms with van der Waals surface area (Å²) < 4.78 is 7.41. The Bertz CT molecular complexity index is 918. The molecule has 0 saturated carbocycles. The van der Waals surface area contributed by atoms with Crippen LogP contribution in [0.3, 0.4) is 0 Å². The first kappa shape index (κ1) is 19.5. The molecule has 0 aliphatic carbocycles. The van der Waals surface area contributed by atoms with Gasteiger partial charge in [-0.15, -0.1) is 0 Å². The zero-order valence-corrected chi connectivity index (χ0v) is 16.6. The maximum atomic E-state index is 5.40. The van der Waals surface area contributed by atoms with Crippen molar-refractivity contribution in [1.29, 1.82) is 0 Å². The Morgan fingerprint density at radius 1 is 1.18 bits per heavy atom. The number of aliphatic imine (C=N–C) groups is 1. The summed E-state index contributed by atoms with van der Waals surface area (Å²) in [5, 5.41) is 6.76. The highest BCUT2D eigenvalue weighted by Crippen LogP contribution is 2.19. The van der Waals surface area contributed by atoms with Gasteiger partial charge < -0.3 is 19.9 Å². The SMILES string of the molecule is CN=C(NCCc1ccc(C)c(OC)c1)NCc1ccccc1-n1ccnc1. The molecule has 28 heavy (non-hydrogen) atoms. The van der Waals surface area contributed by atoms with E-state index in [2.05, 4.69) is 50.9 Å². The van der Waals surface area contributed by atoms with E-state index in [1.54, 1.807) is 20.4 Å². The van der Waals surface area contributed by atoms with Crippen LogP contribution in [0.15, 0.2) is 66.2 Å². The van der Waals surface area contributed by atoms with Crippen LogP contribution in [-0.4, -0.2) is 36.2 Å². The van der Waals surface area contributed by atoms with Gasteiger partial charge in [-0.2, -0.15) is 0 Å². The molecule has 0 radical (unpaired) electrons. The highest BCUT2D eigenvalue weighted by molar-refractivity contribution is 5.79. The third-order valence-electron chi connectivity index (χ3n) is 4.62. The second-order valence-electron chi connectivity index (χ2n) is 6.51. The molecule has 0 atom stereocenters. The number of aryl methyl sites for hydroxylation is 1. The first-order chi connectivity index (χ1) is 13.7. The van der Waals surface area contributed by atoms with Gasteiger partial charge in [0.05, 0.1) is 19.1 Å². The number of hydrogen-bond acceptors (Lipinski definition) is 3. The summed E-state index contributed by atoms with van der Waals surface area (Å²) in [6, 6.07) is 14.6. The van der Waals surface area contributed by atoms with Gasteiger partial charge in [-0.25, -0.2) is 4.98 Å². The number of methoxy groups -OCH3 is 1. The average Bonchev–Trinajstić information content (AvgIpc) is 3.26. The molecule has 0 spiro atoms. The standard InChI is InChI=1S/C22H27N5O/c1-17-8-9-18(14-21(17)28-3)10-11-25-22(23-2)26-15-19-6-4-5-7-20(19)27-13-12-24-16-27/h4-9,12-14,16H,10-11,15H2,1-3H3,(H2,23,25,26). The molecule has 2 aromatic carbocycles. The quantitative estimate of drug-likeness (QED) is 0.491. The van der Waals surface area contributed by atoms with Crippen molar-refractivity contribution in [3.05, 3.63) is 77.9 Å². The van der Waals surface area contributed by atoms with E-state index < -0.39 is 0 Å². The van der Waals surface area contributed by atoms with Gasteiger partial charge in [0.1, 0.15) is 5.75 Å². The van der Waals surface area contributed by atoms with Gasteiger partial charge in [0.25, 0.3) is 0 Å². The number of aromatic nitrogens is 2. The highest BCUT2D eigenvalue weighted by atomic mass is 16.5. The predicted octanol–water partition coefficient (Wildman–Crippen LogP) is 3.10. The van der Waals surface area contributed by atoms with Crippen molar-refractivity contribution in [3.8, 4) is 11.4 Å². The number of ether oxygens (including phenoxy) is 1. The lowest BCUT2D eigenvalue weighted by atomic mass is 10.1. The van der Waals surface area contributed by atoms with Crippen molar-refractivity contribution in [1.82, 2.24) is 20.2 Å². The molecule has 0 amide bonds. The number of nitrogens with one attached hydrogen (secondary N) is 2. The van der Waals surface area contributed by atoms with Crippen molar-refractivity contribution in [2.45, 2.75) is 19.9 Å². The molecule has 1 heterocycles. The second-order valence-corrected chi connectivity index (χ2v) is 6.51. The van der Waals surface area contributed by atoms with Crippen molar-refractivity contribution < 1.29 is 4.74 Å². The normalized spacial score (nSPS) is 11.3. The van der Waals surface area contributed by atoms with Gasteiger partial charge in [-0.1, -0.05) is 30.3 Å².